The van der Waals surface area contributed by atoms with E-state index in [1.807, 2.05) is 0 Å². The van der Waals surface area contributed by atoms with Gasteiger partial charge < -0.3 is 20.8 Å². The average Bonchev–Trinajstić information content (AvgIpc) is 3.10. The van der Waals surface area contributed by atoms with Gasteiger partial charge in [0.25, 0.3) is 0 Å². The van der Waals surface area contributed by atoms with Crippen molar-refractivity contribution < 1.29 is 29.4 Å². The van der Waals surface area contributed by atoms with Crippen LogP contribution in [0.5, 0.6) is 0 Å². The second-order valence-corrected chi connectivity index (χ2v) is 15.1. The highest BCUT2D eigenvalue weighted by molar-refractivity contribution is 5.79. The molecule has 0 fully saturated rings. The predicted octanol–water partition coefficient (Wildman–Crippen LogP) is 8.95. The van der Waals surface area contributed by atoms with Crippen LogP contribution in [0.25, 0.3) is 0 Å². The number of hydrogen-bond acceptors (Lipinski definition) is 6. The molecule has 0 atom stereocenters. The summed E-state index contributed by atoms with van der Waals surface area (Å²) in [5.74, 6) is -2.61. The second kappa shape index (κ2) is 38.5. The number of nitrogens with one attached hydrogen (secondary N) is 2. The number of carbonyl (C=O) groups excluding carboxylic acids is 2. The zero-order valence-electron chi connectivity index (χ0n) is 33.9. The molecule has 52 heavy (non-hydrogen) atoms. The van der Waals surface area contributed by atoms with Crippen molar-refractivity contribution in [3.63, 3.8) is 0 Å². The molecule has 0 aliphatic carbocycles. The molecular formula is C42H82N4O6. The summed E-state index contributed by atoms with van der Waals surface area (Å²) in [6, 6.07) is 0. The van der Waals surface area contributed by atoms with Gasteiger partial charge in [-0.15, -0.1) is 0 Å². The Morgan fingerprint density at radius 1 is 0.365 bits per heavy atom. The lowest BCUT2D eigenvalue weighted by molar-refractivity contribution is -0.141. The summed E-state index contributed by atoms with van der Waals surface area (Å²) in [6.45, 7) is 5.11. The van der Waals surface area contributed by atoms with Crippen molar-refractivity contribution in [2.75, 3.05) is 52.4 Å². The van der Waals surface area contributed by atoms with Crippen LogP contribution >= 0.6 is 0 Å². The third-order valence-corrected chi connectivity index (χ3v) is 9.89. The molecule has 2 amide bonds. The van der Waals surface area contributed by atoms with Crippen LogP contribution < -0.4 is 10.6 Å². The lowest BCUT2D eigenvalue weighted by atomic mass is 10.0. The van der Waals surface area contributed by atoms with Crippen LogP contribution in [0, 0.1) is 0 Å². The van der Waals surface area contributed by atoms with Gasteiger partial charge in [0.2, 0.25) is 11.8 Å². The summed E-state index contributed by atoms with van der Waals surface area (Å²) in [4.78, 5) is 51.1. The van der Waals surface area contributed by atoms with Crippen LogP contribution in [0.15, 0.2) is 0 Å². The lowest BCUT2D eigenvalue weighted by Gasteiger charge is -2.25. The number of hydrogen-bond donors (Lipinski definition) is 4. The van der Waals surface area contributed by atoms with Gasteiger partial charge in [-0.05, 0) is 12.8 Å². The normalized spacial score (nSPS) is 11.4. The molecule has 0 spiro atoms. The highest BCUT2D eigenvalue weighted by Crippen LogP contribution is 2.14. The van der Waals surface area contributed by atoms with E-state index in [1.165, 1.54) is 151 Å². The molecule has 0 saturated carbocycles. The molecule has 10 heteroatoms. The maximum absolute atomic E-state index is 12.6. The molecule has 0 aromatic heterocycles. The Balaban J connectivity index is 4.11. The Kier molecular flexibility index (Phi) is 36.9. The van der Waals surface area contributed by atoms with Crippen molar-refractivity contribution in [3.05, 3.63) is 0 Å². The van der Waals surface area contributed by atoms with Crippen molar-refractivity contribution >= 4 is 23.8 Å². The summed E-state index contributed by atoms with van der Waals surface area (Å²) < 4.78 is 0. The minimum atomic E-state index is -1.06. The Hall–Kier alpha value is -2.20. The summed E-state index contributed by atoms with van der Waals surface area (Å²) in [5.41, 5.74) is 0. The Morgan fingerprint density at radius 3 is 0.827 bits per heavy atom. The number of carboxylic acid groups (broad SMARTS) is 2. The van der Waals surface area contributed by atoms with Crippen LogP contribution in [0.3, 0.4) is 0 Å². The van der Waals surface area contributed by atoms with E-state index in [0.717, 1.165) is 38.5 Å². The Labute approximate surface area is 319 Å². The van der Waals surface area contributed by atoms with Gasteiger partial charge in [0.05, 0.1) is 26.2 Å². The van der Waals surface area contributed by atoms with E-state index < -0.39 is 11.9 Å². The van der Waals surface area contributed by atoms with Crippen molar-refractivity contribution in [1.82, 2.24) is 20.4 Å². The molecule has 0 aromatic rings. The third-order valence-electron chi connectivity index (χ3n) is 9.89. The van der Waals surface area contributed by atoms with Gasteiger partial charge in [-0.1, -0.05) is 181 Å². The molecular weight excluding hydrogens is 656 g/mol. The molecule has 306 valence electrons. The molecule has 0 aliphatic rings. The SMILES string of the molecule is CCCCCCCCCCCCCCCCNC(=O)CN(CCN(CC(=O)O)CC(=O)NCCCCCCCCCCCCCCCC)CC(=O)O. The van der Waals surface area contributed by atoms with Gasteiger partial charge in [-0.25, -0.2) is 0 Å². The zero-order valence-corrected chi connectivity index (χ0v) is 33.9. The number of aliphatic carboxylic acids is 2. The molecule has 0 radical (unpaired) electrons. The summed E-state index contributed by atoms with van der Waals surface area (Å²) in [5, 5.41) is 24.6. The maximum atomic E-state index is 12.6. The van der Waals surface area contributed by atoms with E-state index in [0.29, 0.717) is 13.1 Å². The summed E-state index contributed by atoms with van der Waals surface area (Å²) in [6.07, 6.45) is 35.5. The van der Waals surface area contributed by atoms with Crippen LogP contribution in [0.2, 0.25) is 0 Å². The van der Waals surface area contributed by atoms with E-state index in [4.69, 9.17) is 0 Å². The third kappa shape index (κ3) is 37.6. The van der Waals surface area contributed by atoms with E-state index in [2.05, 4.69) is 24.5 Å². The van der Waals surface area contributed by atoms with Crippen molar-refractivity contribution in [2.45, 2.75) is 194 Å². The van der Waals surface area contributed by atoms with E-state index in [9.17, 15) is 29.4 Å². The molecule has 4 N–H and O–H groups in total. The van der Waals surface area contributed by atoms with Crippen LogP contribution in [0.1, 0.15) is 194 Å². The largest absolute Gasteiger partial charge is 0.480 e. The first kappa shape index (κ1) is 49.8. The summed E-state index contributed by atoms with van der Waals surface area (Å²) in [7, 11) is 0. The molecule has 10 nitrogen and oxygen atoms in total. The number of nitrogens with zero attached hydrogens (tertiary/aromatic N) is 2. The number of carboxylic acids is 2. The molecule has 0 aliphatic heterocycles. The predicted molar refractivity (Wildman–Crippen MR) is 215 cm³/mol. The smallest absolute Gasteiger partial charge is 0.317 e. The first-order valence-electron chi connectivity index (χ1n) is 21.7. The second-order valence-electron chi connectivity index (χ2n) is 15.1. The highest BCUT2D eigenvalue weighted by atomic mass is 16.4. The Morgan fingerprint density at radius 2 is 0.596 bits per heavy atom. The van der Waals surface area contributed by atoms with Gasteiger partial charge in [-0.3, -0.25) is 29.0 Å². The van der Waals surface area contributed by atoms with Crippen LogP contribution in [-0.2, 0) is 19.2 Å². The minimum Gasteiger partial charge on any atom is -0.480 e. The number of amides is 2. The van der Waals surface area contributed by atoms with Crippen LogP contribution in [-0.4, -0.2) is 96.1 Å². The maximum Gasteiger partial charge on any atom is 0.317 e. The van der Waals surface area contributed by atoms with Crippen molar-refractivity contribution in [3.8, 4) is 0 Å². The molecule has 0 unspecified atom stereocenters. The standard InChI is InChI=1S/C42H82N4O6/c1-3-5-7-9-11-13-15-17-19-21-23-25-27-29-31-43-39(47)35-45(37-41(49)50)33-34-46(38-42(51)52)36-40(48)44-32-30-28-26-24-22-20-18-16-14-12-10-8-6-4-2/h3-38H2,1-2H3,(H,43,47)(H,44,48)(H,49,50)(H,51,52). The highest BCUT2D eigenvalue weighted by Gasteiger charge is 2.18. The van der Waals surface area contributed by atoms with Gasteiger partial charge in [0.1, 0.15) is 0 Å². The van der Waals surface area contributed by atoms with Gasteiger partial charge >= 0.3 is 11.9 Å². The minimum absolute atomic E-state index is 0.0862. The lowest BCUT2D eigenvalue weighted by Crippen LogP contribution is -2.46. The summed E-state index contributed by atoms with van der Waals surface area (Å²) >= 11 is 0. The fourth-order valence-corrected chi connectivity index (χ4v) is 6.71. The first-order chi connectivity index (χ1) is 25.3. The molecule has 0 saturated heterocycles. The monoisotopic (exact) mass is 739 g/mol. The number of rotatable bonds is 41. The fourth-order valence-electron chi connectivity index (χ4n) is 6.71. The molecule has 0 heterocycles. The average molecular weight is 739 g/mol. The van der Waals surface area contributed by atoms with Gasteiger partial charge in [-0.2, -0.15) is 0 Å². The van der Waals surface area contributed by atoms with Gasteiger partial charge in [0.15, 0.2) is 0 Å². The van der Waals surface area contributed by atoms with Crippen LogP contribution in [0.4, 0.5) is 0 Å². The number of unbranched alkanes of at least 4 members (excludes halogenated alkanes) is 26. The zero-order chi connectivity index (χ0) is 38.3. The first-order valence-corrected chi connectivity index (χ1v) is 21.7. The quantitative estimate of drug-likeness (QED) is 0.0456. The molecule has 0 bridgehead atoms. The van der Waals surface area contributed by atoms with Crippen molar-refractivity contribution in [2.24, 2.45) is 0 Å². The fraction of sp³-hybridized carbons (Fsp3) is 0.905. The van der Waals surface area contributed by atoms with Crippen molar-refractivity contribution in [1.29, 1.82) is 0 Å². The number of carbonyl (C=O) groups is 4. The Bertz CT molecular complexity index is 790. The van der Waals surface area contributed by atoms with E-state index >= 15 is 0 Å². The van der Waals surface area contributed by atoms with E-state index in [1.54, 1.807) is 0 Å². The van der Waals surface area contributed by atoms with E-state index in [-0.39, 0.29) is 51.1 Å². The topological polar surface area (TPSA) is 139 Å². The molecule has 0 rings (SSSR count). The van der Waals surface area contributed by atoms with Gasteiger partial charge in [0, 0.05) is 26.2 Å². The molecule has 0 aromatic carbocycles.